The van der Waals surface area contributed by atoms with Crippen LogP contribution < -0.4 is 5.32 Å². The van der Waals surface area contributed by atoms with E-state index in [1.165, 1.54) is 27.6 Å². The van der Waals surface area contributed by atoms with E-state index in [2.05, 4.69) is 5.32 Å². The Kier molecular flexibility index (Phi) is 5.02. The lowest BCUT2D eigenvalue weighted by atomic mass is 9.97. The molecule has 2 fully saturated rings. The molecule has 1 aliphatic heterocycles. The largest absolute Gasteiger partial charge is 0.379 e. The summed E-state index contributed by atoms with van der Waals surface area (Å²) in [6.07, 6.45) is 6.95. The molecular formula is C19H26N4O3S2. The summed E-state index contributed by atoms with van der Waals surface area (Å²) >= 11 is 1.80. The van der Waals surface area contributed by atoms with E-state index in [9.17, 15) is 8.42 Å². The number of morpholine rings is 1. The number of thiophene rings is 1. The minimum absolute atomic E-state index is 0.0730. The van der Waals surface area contributed by atoms with Gasteiger partial charge in [-0.1, -0.05) is 0 Å². The lowest BCUT2D eigenvalue weighted by Gasteiger charge is -2.26. The average Bonchev–Trinajstić information content (AvgIpc) is 3.49. The van der Waals surface area contributed by atoms with Crippen LogP contribution in [-0.4, -0.2) is 61.3 Å². The molecule has 1 saturated carbocycles. The maximum Gasteiger partial charge on any atom is 0.215 e. The first-order valence-electron chi connectivity index (χ1n) is 10.2. The Labute approximate surface area is 169 Å². The number of anilines is 1. The van der Waals surface area contributed by atoms with Crippen LogP contribution in [0.15, 0.2) is 0 Å². The second-order valence-corrected chi connectivity index (χ2v) is 11.0. The molecule has 7 nitrogen and oxygen atoms in total. The fraction of sp³-hybridized carbons (Fsp3) is 0.684. The third-order valence-corrected chi connectivity index (χ3v) is 8.85. The standard InChI is InChI=1S/C19H26N4O3S2/c24-28(25,23-8-10-26-11-9-23)12-7-20-18-16-14-3-1-2-4-15(14)27-19(16)22-17(21-18)13-5-6-13/h13H,1-12H2,(H,20,21,22). The van der Waals surface area contributed by atoms with Crippen LogP contribution in [0.1, 0.15) is 47.9 Å². The number of hydrogen-bond donors (Lipinski definition) is 1. The van der Waals surface area contributed by atoms with E-state index in [0.717, 1.165) is 47.5 Å². The van der Waals surface area contributed by atoms with E-state index in [4.69, 9.17) is 14.7 Å². The first-order chi connectivity index (χ1) is 13.6. The lowest BCUT2D eigenvalue weighted by Crippen LogP contribution is -2.42. The number of aryl methyl sites for hydroxylation is 2. The fourth-order valence-electron chi connectivity index (χ4n) is 4.08. The Balaban J connectivity index is 1.39. The van der Waals surface area contributed by atoms with Crippen molar-refractivity contribution < 1.29 is 13.2 Å². The average molecular weight is 423 g/mol. The maximum atomic E-state index is 12.6. The van der Waals surface area contributed by atoms with Crippen molar-refractivity contribution in [3.05, 3.63) is 16.3 Å². The van der Waals surface area contributed by atoms with Crippen LogP contribution in [0, 0.1) is 0 Å². The third kappa shape index (κ3) is 3.65. The van der Waals surface area contributed by atoms with Gasteiger partial charge in [0.1, 0.15) is 16.5 Å². The predicted molar refractivity (Wildman–Crippen MR) is 111 cm³/mol. The summed E-state index contributed by atoms with van der Waals surface area (Å²) in [5, 5.41) is 4.49. The van der Waals surface area contributed by atoms with E-state index in [0.29, 0.717) is 38.8 Å². The van der Waals surface area contributed by atoms with Crippen molar-refractivity contribution in [1.82, 2.24) is 14.3 Å². The Hall–Kier alpha value is -1.29. The van der Waals surface area contributed by atoms with E-state index < -0.39 is 10.0 Å². The number of sulfonamides is 1. The van der Waals surface area contributed by atoms with E-state index in [1.54, 1.807) is 11.3 Å². The van der Waals surface area contributed by atoms with E-state index in [-0.39, 0.29) is 5.75 Å². The molecule has 0 amide bonds. The summed E-state index contributed by atoms with van der Waals surface area (Å²) in [6, 6.07) is 0. The van der Waals surface area contributed by atoms with Crippen molar-refractivity contribution in [1.29, 1.82) is 0 Å². The van der Waals surface area contributed by atoms with Crippen molar-refractivity contribution in [3.63, 3.8) is 0 Å². The second-order valence-electron chi connectivity index (χ2n) is 7.85. The van der Waals surface area contributed by atoms with Gasteiger partial charge < -0.3 is 10.1 Å². The number of aromatic nitrogens is 2. The van der Waals surface area contributed by atoms with Crippen LogP contribution >= 0.6 is 11.3 Å². The molecule has 3 heterocycles. The van der Waals surface area contributed by atoms with Gasteiger partial charge >= 0.3 is 0 Å². The summed E-state index contributed by atoms with van der Waals surface area (Å²) in [5.74, 6) is 2.30. The van der Waals surface area contributed by atoms with Crippen LogP contribution in [0.3, 0.4) is 0 Å². The number of nitrogens with one attached hydrogen (secondary N) is 1. The van der Waals surface area contributed by atoms with E-state index in [1.807, 2.05) is 0 Å². The molecule has 2 aliphatic carbocycles. The van der Waals surface area contributed by atoms with Crippen LogP contribution in [0.2, 0.25) is 0 Å². The highest BCUT2D eigenvalue weighted by atomic mass is 32.2. The van der Waals surface area contributed by atoms with Gasteiger partial charge in [0.25, 0.3) is 0 Å². The normalized spacial score (nSPS) is 21.0. The Morgan fingerprint density at radius 1 is 1.14 bits per heavy atom. The Morgan fingerprint density at radius 2 is 1.93 bits per heavy atom. The molecule has 0 bridgehead atoms. The van der Waals surface area contributed by atoms with Crippen LogP contribution in [0.5, 0.6) is 0 Å². The van der Waals surface area contributed by atoms with Crippen molar-refractivity contribution >= 4 is 37.4 Å². The molecule has 0 atom stereocenters. The summed E-state index contributed by atoms with van der Waals surface area (Å²) in [6.45, 7) is 2.21. The second kappa shape index (κ2) is 7.51. The van der Waals surface area contributed by atoms with Gasteiger partial charge in [-0.2, -0.15) is 4.31 Å². The third-order valence-electron chi connectivity index (χ3n) is 5.79. The van der Waals surface area contributed by atoms with E-state index >= 15 is 0 Å². The van der Waals surface area contributed by atoms with Gasteiger partial charge in [-0.25, -0.2) is 18.4 Å². The van der Waals surface area contributed by atoms with Crippen molar-refractivity contribution in [3.8, 4) is 0 Å². The number of fused-ring (bicyclic) bond motifs is 3. The molecule has 0 radical (unpaired) electrons. The molecular weight excluding hydrogens is 396 g/mol. The molecule has 2 aromatic rings. The zero-order chi connectivity index (χ0) is 19.1. The molecule has 152 valence electrons. The summed E-state index contributed by atoms with van der Waals surface area (Å²) in [4.78, 5) is 12.2. The van der Waals surface area contributed by atoms with Crippen molar-refractivity contribution in [2.75, 3.05) is 43.9 Å². The number of hydrogen-bond acceptors (Lipinski definition) is 7. The smallest absolute Gasteiger partial charge is 0.215 e. The maximum absolute atomic E-state index is 12.6. The molecule has 1 N–H and O–H groups in total. The molecule has 0 spiro atoms. The number of nitrogens with zero attached hydrogens (tertiary/aromatic N) is 3. The number of ether oxygens (including phenoxy) is 1. The predicted octanol–water partition coefficient (Wildman–Crippen LogP) is 2.52. The first kappa shape index (κ1) is 18.7. The first-order valence-corrected chi connectivity index (χ1v) is 12.7. The highest BCUT2D eigenvalue weighted by Gasteiger charge is 2.30. The molecule has 5 rings (SSSR count). The topological polar surface area (TPSA) is 84.4 Å². The van der Waals surface area contributed by atoms with Gasteiger partial charge in [0.2, 0.25) is 10.0 Å². The lowest BCUT2D eigenvalue weighted by molar-refractivity contribution is 0.0731. The zero-order valence-corrected chi connectivity index (χ0v) is 17.6. The quantitative estimate of drug-likeness (QED) is 0.770. The van der Waals surface area contributed by atoms with Gasteiger partial charge in [-0.15, -0.1) is 11.3 Å². The van der Waals surface area contributed by atoms with Gasteiger partial charge in [0.15, 0.2) is 0 Å². The van der Waals surface area contributed by atoms with Crippen LogP contribution in [0.25, 0.3) is 10.2 Å². The van der Waals surface area contributed by atoms with Crippen molar-refractivity contribution in [2.45, 2.75) is 44.4 Å². The highest BCUT2D eigenvalue weighted by Crippen LogP contribution is 2.43. The van der Waals surface area contributed by atoms with Gasteiger partial charge in [-0.3, -0.25) is 0 Å². The zero-order valence-electron chi connectivity index (χ0n) is 15.9. The molecule has 3 aliphatic rings. The summed E-state index contributed by atoms with van der Waals surface area (Å²) < 4.78 is 32.0. The molecule has 0 aromatic carbocycles. The fourth-order valence-corrected chi connectivity index (χ4v) is 6.67. The van der Waals surface area contributed by atoms with Crippen molar-refractivity contribution in [2.24, 2.45) is 0 Å². The number of rotatable bonds is 6. The van der Waals surface area contributed by atoms with Gasteiger partial charge in [-0.05, 0) is 44.1 Å². The monoisotopic (exact) mass is 422 g/mol. The van der Waals surface area contributed by atoms with Gasteiger partial charge in [0.05, 0.1) is 24.4 Å². The van der Waals surface area contributed by atoms with Crippen LogP contribution in [-0.2, 0) is 27.6 Å². The Morgan fingerprint density at radius 3 is 2.71 bits per heavy atom. The summed E-state index contributed by atoms with van der Waals surface area (Å²) in [7, 11) is -3.27. The highest BCUT2D eigenvalue weighted by molar-refractivity contribution is 7.89. The Bertz CT molecular complexity index is 979. The van der Waals surface area contributed by atoms with Gasteiger partial charge in [0, 0.05) is 30.4 Å². The summed E-state index contributed by atoms with van der Waals surface area (Å²) in [5.41, 5.74) is 1.38. The molecule has 2 aromatic heterocycles. The molecule has 28 heavy (non-hydrogen) atoms. The molecule has 0 unspecified atom stereocenters. The minimum Gasteiger partial charge on any atom is -0.379 e. The minimum atomic E-state index is -3.27. The molecule has 9 heteroatoms. The van der Waals surface area contributed by atoms with Crippen LogP contribution in [0.4, 0.5) is 5.82 Å². The molecule has 1 saturated heterocycles. The SMILES string of the molecule is O=S(=O)(CCNc1nc(C2CC2)nc2sc3c(c12)CCCC3)N1CCOCC1.